The Balaban J connectivity index is 1.16. The Kier molecular flexibility index (Phi) is 8.40. The van der Waals surface area contributed by atoms with Crippen molar-refractivity contribution in [3.8, 4) is 5.69 Å². The van der Waals surface area contributed by atoms with Crippen LogP contribution < -0.4 is 11.0 Å². The predicted molar refractivity (Wildman–Crippen MR) is 171 cm³/mol. The van der Waals surface area contributed by atoms with Crippen LogP contribution in [-0.2, 0) is 9.53 Å². The zero-order valence-electron chi connectivity index (χ0n) is 24.8. The third-order valence-corrected chi connectivity index (χ3v) is 9.06. The smallest absolute Gasteiger partial charge is 0.350 e. The van der Waals surface area contributed by atoms with E-state index < -0.39 is 12.0 Å². The molecule has 1 aliphatic heterocycles. The number of ether oxygens (including phenoxy) is 1. The third kappa shape index (κ3) is 5.93. The van der Waals surface area contributed by atoms with Crippen LogP contribution >= 0.6 is 11.3 Å². The van der Waals surface area contributed by atoms with Crippen LogP contribution in [0.5, 0.6) is 0 Å². The number of carbonyl (C=O) groups is 2. The number of benzene rings is 3. The van der Waals surface area contributed by atoms with E-state index in [2.05, 4.69) is 32.4 Å². The van der Waals surface area contributed by atoms with Crippen LogP contribution in [0.2, 0.25) is 0 Å². The van der Waals surface area contributed by atoms with E-state index in [-0.39, 0.29) is 17.6 Å². The zero-order chi connectivity index (χ0) is 30.8. The van der Waals surface area contributed by atoms with Crippen LogP contribution in [0.15, 0.2) is 83.9 Å². The van der Waals surface area contributed by atoms with Gasteiger partial charge in [0.1, 0.15) is 12.4 Å². The van der Waals surface area contributed by atoms with Crippen molar-refractivity contribution < 1.29 is 14.3 Å². The first kappa shape index (κ1) is 29.5. The molecule has 1 amide bonds. The first-order chi connectivity index (χ1) is 21.3. The molecule has 5 aromatic rings. The van der Waals surface area contributed by atoms with E-state index in [0.29, 0.717) is 22.1 Å². The number of rotatable bonds is 8. The van der Waals surface area contributed by atoms with E-state index in [0.717, 1.165) is 41.9 Å². The lowest BCUT2D eigenvalue weighted by molar-refractivity contribution is -0.122. The number of nitrogens with one attached hydrogen (secondary N) is 1. The molecule has 11 heteroatoms. The first-order valence-corrected chi connectivity index (χ1v) is 15.5. The fourth-order valence-corrected chi connectivity index (χ4v) is 6.71. The van der Waals surface area contributed by atoms with Gasteiger partial charge in [-0.2, -0.15) is 5.10 Å². The van der Waals surface area contributed by atoms with Gasteiger partial charge in [0.15, 0.2) is 5.13 Å². The highest BCUT2D eigenvalue weighted by molar-refractivity contribution is 7.22. The number of likely N-dealkylation sites (tertiary alicyclic amines) is 1. The molecular formula is C33H34N6O4S. The molecule has 0 saturated carbocycles. The summed E-state index contributed by atoms with van der Waals surface area (Å²) in [6.07, 6.45) is 3.37. The van der Waals surface area contributed by atoms with Crippen molar-refractivity contribution in [2.45, 2.75) is 44.7 Å². The van der Waals surface area contributed by atoms with Crippen molar-refractivity contribution >= 4 is 38.6 Å². The normalized spacial score (nSPS) is 15.0. The number of methoxy groups -OCH3 is 1. The second-order valence-corrected chi connectivity index (χ2v) is 12.2. The molecule has 44 heavy (non-hydrogen) atoms. The summed E-state index contributed by atoms with van der Waals surface area (Å²) in [5.74, 6) is -0.203. The van der Waals surface area contributed by atoms with Gasteiger partial charge in [-0.3, -0.25) is 9.69 Å². The summed E-state index contributed by atoms with van der Waals surface area (Å²) < 4.78 is 8.67. The molecule has 0 aliphatic carbocycles. The van der Waals surface area contributed by atoms with Gasteiger partial charge in [0.25, 0.3) is 0 Å². The van der Waals surface area contributed by atoms with Gasteiger partial charge in [0.2, 0.25) is 5.91 Å². The lowest BCUT2D eigenvalue weighted by atomic mass is 9.88. The fraction of sp³-hybridized carbons (Fsp3) is 0.303. The molecule has 3 heterocycles. The van der Waals surface area contributed by atoms with E-state index >= 15 is 0 Å². The Bertz CT molecular complexity index is 1840. The molecule has 0 spiro atoms. The minimum atomic E-state index is -0.471. The summed E-state index contributed by atoms with van der Waals surface area (Å²) in [7, 11) is 1.35. The first-order valence-electron chi connectivity index (χ1n) is 14.7. The molecule has 10 nitrogen and oxygen atoms in total. The van der Waals surface area contributed by atoms with Gasteiger partial charge in [-0.05, 0) is 87.2 Å². The van der Waals surface area contributed by atoms with Crippen molar-refractivity contribution in [1.82, 2.24) is 24.2 Å². The average molecular weight is 611 g/mol. The fourth-order valence-electron chi connectivity index (χ4n) is 5.81. The highest BCUT2D eigenvalue weighted by Gasteiger charge is 2.32. The maximum absolute atomic E-state index is 13.8. The number of thiazole rings is 1. The Labute approximate surface area is 258 Å². The largest absolute Gasteiger partial charge is 0.465 e. The summed E-state index contributed by atoms with van der Waals surface area (Å²) in [4.78, 5) is 45.3. The van der Waals surface area contributed by atoms with Crippen molar-refractivity contribution in [2.24, 2.45) is 0 Å². The lowest BCUT2D eigenvalue weighted by Gasteiger charge is -2.37. The minimum Gasteiger partial charge on any atom is -0.465 e. The van der Waals surface area contributed by atoms with Crippen molar-refractivity contribution in [1.29, 1.82) is 0 Å². The summed E-state index contributed by atoms with van der Waals surface area (Å²) in [5, 5.41) is 7.76. The van der Waals surface area contributed by atoms with E-state index in [1.165, 1.54) is 28.7 Å². The second kappa shape index (κ2) is 12.6. The van der Waals surface area contributed by atoms with Crippen LogP contribution in [0.25, 0.3) is 15.9 Å². The third-order valence-electron chi connectivity index (χ3n) is 8.12. The molecule has 1 N–H and O–H groups in total. The summed E-state index contributed by atoms with van der Waals surface area (Å²) in [6.45, 7) is 5.37. The topological polar surface area (TPSA) is 111 Å². The van der Waals surface area contributed by atoms with Crippen LogP contribution in [0.4, 0.5) is 5.13 Å². The molecule has 1 unspecified atom stereocenters. The monoisotopic (exact) mass is 610 g/mol. The number of piperidine rings is 1. The maximum Gasteiger partial charge on any atom is 0.350 e. The van der Waals surface area contributed by atoms with Crippen molar-refractivity contribution in [3.63, 3.8) is 0 Å². The van der Waals surface area contributed by atoms with E-state index in [9.17, 15) is 14.4 Å². The molecule has 1 saturated heterocycles. The van der Waals surface area contributed by atoms with E-state index in [4.69, 9.17) is 4.74 Å². The predicted octanol–water partition coefficient (Wildman–Crippen LogP) is 5.57. The Hall–Kier alpha value is -4.61. The van der Waals surface area contributed by atoms with Crippen LogP contribution in [0.3, 0.4) is 0 Å². The Morgan fingerprint density at radius 1 is 1.00 bits per heavy atom. The van der Waals surface area contributed by atoms with Crippen molar-refractivity contribution in [3.05, 3.63) is 106 Å². The highest BCUT2D eigenvalue weighted by atomic mass is 32.1. The van der Waals surface area contributed by atoms with E-state index in [1.807, 2.05) is 56.3 Å². The lowest BCUT2D eigenvalue weighted by Crippen LogP contribution is -2.41. The number of aromatic nitrogens is 4. The Morgan fingerprint density at radius 2 is 1.73 bits per heavy atom. The van der Waals surface area contributed by atoms with Gasteiger partial charge < -0.3 is 10.1 Å². The second-order valence-electron chi connectivity index (χ2n) is 11.2. The number of carbonyl (C=O) groups excluding carboxylic acids is 2. The molecule has 226 valence electrons. The van der Waals surface area contributed by atoms with Gasteiger partial charge in [-0.1, -0.05) is 53.8 Å². The molecule has 1 fully saturated rings. The van der Waals surface area contributed by atoms with Gasteiger partial charge in [-0.25, -0.2) is 23.8 Å². The molecule has 6 rings (SSSR count). The van der Waals surface area contributed by atoms with Gasteiger partial charge in [0.05, 0.1) is 34.6 Å². The number of amides is 1. The van der Waals surface area contributed by atoms with Crippen LogP contribution in [-0.4, -0.2) is 56.3 Å². The quantitative estimate of drug-likeness (QED) is 0.229. The van der Waals surface area contributed by atoms with Gasteiger partial charge in [0, 0.05) is 0 Å². The molecule has 3 aromatic carbocycles. The van der Waals surface area contributed by atoms with Crippen molar-refractivity contribution in [2.75, 3.05) is 25.5 Å². The average Bonchev–Trinajstić information content (AvgIpc) is 3.64. The minimum absolute atomic E-state index is 0.00236. The van der Waals surface area contributed by atoms with Gasteiger partial charge >= 0.3 is 11.7 Å². The zero-order valence-corrected chi connectivity index (χ0v) is 25.7. The molecule has 1 aliphatic rings. The molecule has 0 bridgehead atoms. The number of hydrogen-bond donors (Lipinski definition) is 1. The highest BCUT2D eigenvalue weighted by Crippen LogP contribution is 2.34. The summed E-state index contributed by atoms with van der Waals surface area (Å²) >= 11 is 1.33. The van der Waals surface area contributed by atoms with Crippen LogP contribution in [0, 0.1) is 0 Å². The summed E-state index contributed by atoms with van der Waals surface area (Å²) in [6, 6.07) is 22.6. The SMILES string of the molecule is COC(=O)c1ccc2nc(NC(=O)C(c3ccccc3)N3CCC(c4ccc(-n5cnn(C(C)C)c5=O)cc4)CC3)sc2c1. The summed E-state index contributed by atoms with van der Waals surface area (Å²) in [5.41, 5.74) is 3.94. The van der Waals surface area contributed by atoms with E-state index in [1.54, 1.807) is 29.1 Å². The maximum atomic E-state index is 13.8. The number of fused-ring (bicyclic) bond motifs is 1. The Morgan fingerprint density at radius 3 is 2.39 bits per heavy atom. The molecule has 2 aromatic heterocycles. The number of nitrogens with zero attached hydrogens (tertiary/aromatic N) is 5. The number of anilines is 1. The molecular weight excluding hydrogens is 576 g/mol. The molecule has 0 radical (unpaired) electrons. The number of esters is 1. The van der Waals surface area contributed by atoms with Crippen LogP contribution in [0.1, 0.15) is 66.2 Å². The standard InChI is InChI=1S/C33H34N6O4S/c1-21(2)39-33(42)38(20-34-39)26-12-9-22(10-13-26)23-15-17-37(18-16-23)29(24-7-5-4-6-8-24)30(40)36-32-35-27-14-11-25(31(41)43-3)19-28(27)44-32/h4-14,19-21,23,29H,15-18H2,1-3H3,(H,35,36,40). The number of hydrogen-bond acceptors (Lipinski definition) is 8. The molecule has 1 atom stereocenters. The van der Waals surface area contributed by atoms with Gasteiger partial charge in [-0.15, -0.1) is 0 Å².